The lowest BCUT2D eigenvalue weighted by Crippen LogP contribution is -2.47. The minimum atomic E-state index is -0.0654. The quantitative estimate of drug-likeness (QED) is 0.796. The Balaban J connectivity index is 1.39. The van der Waals surface area contributed by atoms with Crippen LogP contribution in [0.1, 0.15) is 58.8 Å². The predicted octanol–water partition coefficient (Wildman–Crippen LogP) is 4.83. The Labute approximate surface area is 156 Å². The summed E-state index contributed by atoms with van der Waals surface area (Å²) in [6, 6.07) is 7.46. The third-order valence-electron chi connectivity index (χ3n) is 6.64. The van der Waals surface area contributed by atoms with Crippen LogP contribution in [0.15, 0.2) is 24.3 Å². The molecular weight excluding hydrogens is 324 g/mol. The SMILES string of the molecule is CC(C)C(=O)Nc1cccc(NC(=O)CC23CC4CC(CC(C4)C2)C3)c1. The first kappa shape index (κ1) is 17.6. The van der Waals surface area contributed by atoms with E-state index in [4.69, 9.17) is 0 Å². The van der Waals surface area contributed by atoms with Gasteiger partial charge in [-0.3, -0.25) is 9.59 Å². The van der Waals surface area contributed by atoms with Crippen LogP contribution in [0.5, 0.6) is 0 Å². The molecule has 0 saturated heterocycles. The van der Waals surface area contributed by atoms with Crippen LogP contribution in [0.2, 0.25) is 0 Å². The molecule has 0 spiro atoms. The van der Waals surface area contributed by atoms with Crippen molar-refractivity contribution in [3.8, 4) is 0 Å². The van der Waals surface area contributed by atoms with Crippen LogP contribution in [0.3, 0.4) is 0 Å². The normalized spacial score (nSPS) is 31.9. The predicted molar refractivity (Wildman–Crippen MR) is 104 cm³/mol. The fourth-order valence-corrected chi connectivity index (χ4v) is 6.01. The molecule has 140 valence electrons. The molecule has 0 heterocycles. The summed E-state index contributed by atoms with van der Waals surface area (Å²) in [4.78, 5) is 24.6. The molecule has 0 aliphatic heterocycles. The minimum absolute atomic E-state index is 0.0120. The van der Waals surface area contributed by atoms with Crippen molar-refractivity contribution in [2.45, 2.75) is 58.8 Å². The van der Waals surface area contributed by atoms with Crippen molar-refractivity contribution in [2.24, 2.45) is 29.1 Å². The smallest absolute Gasteiger partial charge is 0.226 e. The number of amides is 2. The Morgan fingerprint density at radius 2 is 1.54 bits per heavy atom. The largest absolute Gasteiger partial charge is 0.326 e. The third-order valence-corrected chi connectivity index (χ3v) is 6.64. The molecule has 5 rings (SSSR count). The van der Waals surface area contributed by atoms with Gasteiger partial charge in [0.25, 0.3) is 0 Å². The van der Waals surface area contributed by atoms with Gasteiger partial charge in [0.2, 0.25) is 11.8 Å². The first-order valence-electron chi connectivity index (χ1n) is 10.1. The van der Waals surface area contributed by atoms with Gasteiger partial charge in [0.1, 0.15) is 0 Å². The lowest BCUT2D eigenvalue weighted by Gasteiger charge is -2.56. The van der Waals surface area contributed by atoms with Gasteiger partial charge < -0.3 is 10.6 Å². The molecule has 4 heteroatoms. The van der Waals surface area contributed by atoms with E-state index >= 15 is 0 Å². The van der Waals surface area contributed by atoms with Crippen molar-refractivity contribution >= 4 is 23.2 Å². The Kier molecular flexibility index (Phi) is 4.54. The highest BCUT2D eigenvalue weighted by molar-refractivity contribution is 5.94. The van der Waals surface area contributed by atoms with Gasteiger partial charge >= 0.3 is 0 Å². The van der Waals surface area contributed by atoms with Crippen LogP contribution in [-0.4, -0.2) is 11.8 Å². The Hall–Kier alpha value is -1.84. The molecule has 0 atom stereocenters. The van der Waals surface area contributed by atoms with Gasteiger partial charge in [-0.15, -0.1) is 0 Å². The molecule has 4 saturated carbocycles. The molecular formula is C22H30N2O2. The summed E-state index contributed by atoms with van der Waals surface area (Å²) in [5, 5.41) is 5.96. The van der Waals surface area contributed by atoms with E-state index in [0.29, 0.717) is 6.42 Å². The number of carbonyl (C=O) groups is 2. The van der Waals surface area contributed by atoms with E-state index < -0.39 is 0 Å². The second-order valence-electron chi connectivity index (χ2n) is 9.37. The standard InChI is InChI=1S/C22H30N2O2/c1-14(2)21(26)24-19-5-3-4-18(9-19)23-20(25)13-22-10-15-6-16(11-22)8-17(7-15)12-22/h3-5,9,14-17H,6-8,10-13H2,1-2H3,(H,23,25)(H,24,26). The van der Waals surface area contributed by atoms with Gasteiger partial charge in [0.15, 0.2) is 0 Å². The van der Waals surface area contributed by atoms with Gasteiger partial charge in [0.05, 0.1) is 0 Å². The van der Waals surface area contributed by atoms with Crippen LogP contribution in [0.25, 0.3) is 0 Å². The summed E-state index contributed by atoms with van der Waals surface area (Å²) in [5.74, 6) is 2.64. The Morgan fingerprint density at radius 1 is 1.00 bits per heavy atom. The maximum Gasteiger partial charge on any atom is 0.226 e. The van der Waals surface area contributed by atoms with Gasteiger partial charge in [0, 0.05) is 23.7 Å². The molecule has 2 N–H and O–H groups in total. The van der Waals surface area contributed by atoms with E-state index in [2.05, 4.69) is 10.6 Å². The molecule has 1 aromatic rings. The fraction of sp³-hybridized carbons (Fsp3) is 0.636. The highest BCUT2D eigenvalue weighted by Crippen LogP contribution is 2.61. The number of hydrogen-bond acceptors (Lipinski definition) is 2. The van der Waals surface area contributed by atoms with E-state index in [1.165, 1.54) is 38.5 Å². The van der Waals surface area contributed by atoms with E-state index in [-0.39, 0.29) is 23.1 Å². The number of carbonyl (C=O) groups excluding carboxylic acids is 2. The van der Waals surface area contributed by atoms with Crippen LogP contribution in [0.4, 0.5) is 11.4 Å². The zero-order valence-corrected chi connectivity index (χ0v) is 15.9. The molecule has 4 aliphatic carbocycles. The van der Waals surface area contributed by atoms with Crippen molar-refractivity contribution in [1.29, 1.82) is 0 Å². The van der Waals surface area contributed by atoms with Crippen molar-refractivity contribution in [1.82, 2.24) is 0 Å². The lowest BCUT2D eigenvalue weighted by atomic mass is 9.49. The van der Waals surface area contributed by atoms with Gasteiger partial charge in [-0.25, -0.2) is 0 Å². The minimum Gasteiger partial charge on any atom is -0.326 e. The molecule has 0 unspecified atom stereocenters. The Morgan fingerprint density at radius 3 is 2.08 bits per heavy atom. The van der Waals surface area contributed by atoms with Crippen molar-refractivity contribution in [2.75, 3.05) is 10.6 Å². The number of nitrogens with one attached hydrogen (secondary N) is 2. The van der Waals surface area contributed by atoms with Gasteiger partial charge in [-0.1, -0.05) is 19.9 Å². The first-order chi connectivity index (χ1) is 12.4. The maximum absolute atomic E-state index is 12.7. The second-order valence-corrected chi connectivity index (χ2v) is 9.37. The number of benzene rings is 1. The van der Waals surface area contributed by atoms with Gasteiger partial charge in [-0.2, -0.15) is 0 Å². The molecule has 26 heavy (non-hydrogen) atoms. The van der Waals surface area contributed by atoms with Crippen LogP contribution in [-0.2, 0) is 9.59 Å². The summed E-state index contributed by atoms with van der Waals surface area (Å²) in [5.41, 5.74) is 1.75. The molecule has 4 nitrogen and oxygen atoms in total. The van der Waals surface area contributed by atoms with Crippen LogP contribution < -0.4 is 10.6 Å². The molecule has 4 aliphatic rings. The molecule has 4 bridgehead atoms. The molecule has 0 aromatic heterocycles. The average molecular weight is 354 g/mol. The summed E-state index contributed by atoms with van der Waals surface area (Å²) in [6.07, 6.45) is 8.60. The highest BCUT2D eigenvalue weighted by Gasteiger charge is 2.51. The monoisotopic (exact) mass is 354 g/mol. The molecule has 2 amide bonds. The number of rotatable bonds is 5. The summed E-state index contributed by atoms with van der Waals surface area (Å²) in [7, 11) is 0. The Bertz CT molecular complexity index is 675. The number of hydrogen-bond donors (Lipinski definition) is 2. The summed E-state index contributed by atoms with van der Waals surface area (Å²) >= 11 is 0. The van der Waals surface area contributed by atoms with Crippen LogP contribution >= 0.6 is 0 Å². The summed E-state index contributed by atoms with van der Waals surface area (Å²) in [6.45, 7) is 3.73. The van der Waals surface area contributed by atoms with E-state index in [1.54, 1.807) is 0 Å². The maximum atomic E-state index is 12.7. The fourth-order valence-electron chi connectivity index (χ4n) is 6.01. The first-order valence-corrected chi connectivity index (χ1v) is 10.1. The lowest BCUT2D eigenvalue weighted by molar-refractivity contribution is -0.124. The number of anilines is 2. The van der Waals surface area contributed by atoms with E-state index in [1.807, 2.05) is 38.1 Å². The van der Waals surface area contributed by atoms with Crippen molar-refractivity contribution in [3.05, 3.63) is 24.3 Å². The molecule has 1 aromatic carbocycles. The van der Waals surface area contributed by atoms with Crippen molar-refractivity contribution in [3.63, 3.8) is 0 Å². The van der Waals surface area contributed by atoms with E-state index in [0.717, 1.165) is 29.1 Å². The molecule has 4 fully saturated rings. The van der Waals surface area contributed by atoms with E-state index in [9.17, 15) is 9.59 Å². The summed E-state index contributed by atoms with van der Waals surface area (Å²) < 4.78 is 0. The third kappa shape index (κ3) is 3.65. The average Bonchev–Trinajstić information content (AvgIpc) is 2.52. The topological polar surface area (TPSA) is 58.2 Å². The van der Waals surface area contributed by atoms with Crippen LogP contribution in [0, 0.1) is 29.1 Å². The molecule has 0 radical (unpaired) electrons. The highest BCUT2D eigenvalue weighted by atomic mass is 16.2. The zero-order chi connectivity index (χ0) is 18.3. The van der Waals surface area contributed by atoms with Crippen molar-refractivity contribution < 1.29 is 9.59 Å². The zero-order valence-electron chi connectivity index (χ0n) is 15.9. The second kappa shape index (κ2) is 6.71. The van der Waals surface area contributed by atoms with Gasteiger partial charge in [-0.05, 0) is 79.9 Å².